The van der Waals surface area contributed by atoms with Crippen LogP contribution in [-0.2, 0) is 0 Å². The minimum Gasteiger partial charge on any atom is -0.496 e. The Morgan fingerprint density at radius 1 is 1.27 bits per heavy atom. The van der Waals surface area contributed by atoms with Gasteiger partial charge in [0.1, 0.15) is 11.6 Å². The molecule has 4 nitrogen and oxygen atoms in total. The van der Waals surface area contributed by atoms with Gasteiger partial charge in [0.15, 0.2) is 5.11 Å². The maximum Gasteiger partial charge on any atom is 0.257 e. The highest BCUT2D eigenvalue weighted by Crippen LogP contribution is 2.25. The van der Waals surface area contributed by atoms with E-state index >= 15 is 0 Å². The molecule has 1 amide bonds. The molecule has 2 aromatic carbocycles. The van der Waals surface area contributed by atoms with E-state index in [2.05, 4.69) is 26.6 Å². The van der Waals surface area contributed by atoms with Crippen LogP contribution in [0.5, 0.6) is 5.75 Å². The summed E-state index contributed by atoms with van der Waals surface area (Å²) in [6.45, 7) is 0. The van der Waals surface area contributed by atoms with Gasteiger partial charge in [-0.05, 0) is 64.5 Å². The summed E-state index contributed by atoms with van der Waals surface area (Å²) in [6, 6.07) is 10.7. The van der Waals surface area contributed by atoms with Crippen molar-refractivity contribution in [3.05, 3.63) is 58.3 Å². The molecular formula is C15H12BrFN2O2S. The monoisotopic (exact) mass is 382 g/mol. The lowest BCUT2D eigenvalue weighted by atomic mass is 10.2. The maximum atomic E-state index is 13.1. The number of nitrogens with one attached hydrogen (secondary N) is 2. The van der Waals surface area contributed by atoms with E-state index in [4.69, 9.17) is 17.0 Å². The van der Waals surface area contributed by atoms with Crippen LogP contribution in [0, 0.1) is 5.82 Å². The van der Waals surface area contributed by atoms with Crippen molar-refractivity contribution in [3.8, 4) is 5.75 Å². The van der Waals surface area contributed by atoms with Gasteiger partial charge in [0.25, 0.3) is 5.91 Å². The first-order chi connectivity index (χ1) is 10.5. The van der Waals surface area contributed by atoms with Crippen molar-refractivity contribution in [1.82, 2.24) is 5.32 Å². The smallest absolute Gasteiger partial charge is 0.257 e. The Labute approximate surface area is 140 Å². The Bertz CT molecular complexity index is 724. The molecule has 0 aliphatic rings. The molecule has 0 radical (unpaired) electrons. The number of rotatable bonds is 3. The fourth-order valence-corrected chi connectivity index (χ4v) is 2.46. The van der Waals surface area contributed by atoms with Crippen molar-refractivity contribution in [1.29, 1.82) is 0 Å². The van der Waals surface area contributed by atoms with Crippen LogP contribution in [0.15, 0.2) is 46.9 Å². The molecule has 0 fully saturated rings. The number of benzene rings is 2. The fraction of sp³-hybridized carbons (Fsp3) is 0.0667. The Hall–Kier alpha value is -1.99. The van der Waals surface area contributed by atoms with E-state index in [1.807, 2.05) is 0 Å². The molecule has 0 saturated heterocycles. The third-order valence-electron chi connectivity index (χ3n) is 2.72. The second kappa shape index (κ2) is 7.33. The Kier molecular flexibility index (Phi) is 5.46. The SMILES string of the molecule is COc1ccc(C(=O)NC(=S)Nc2cccc(F)c2)cc1Br. The first-order valence-electron chi connectivity index (χ1n) is 6.21. The molecule has 0 aliphatic carbocycles. The van der Waals surface area contributed by atoms with Gasteiger partial charge in [-0.15, -0.1) is 0 Å². The topological polar surface area (TPSA) is 50.4 Å². The predicted molar refractivity (Wildman–Crippen MR) is 90.8 cm³/mol. The second-order valence-corrected chi connectivity index (χ2v) is 5.53. The van der Waals surface area contributed by atoms with Crippen LogP contribution in [0.2, 0.25) is 0 Å². The lowest BCUT2D eigenvalue weighted by molar-refractivity contribution is 0.0977. The summed E-state index contributed by atoms with van der Waals surface area (Å²) < 4.78 is 18.8. The van der Waals surface area contributed by atoms with Gasteiger partial charge in [0.05, 0.1) is 11.6 Å². The molecule has 0 atom stereocenters. The number of hydrogen-bond donors (Lipinski definition) is 2. The average Bonchev–Trinajstić information content (AvgIpc) is 2.46. The van der Waals surface area contributed by atoms with E-state index in [9.17, 15) is 9.18 Å². The van der Waals surface area contributed by atoms with E-state index in [-0.39, 0.29) is 11.0 Å². The first-order valence-corrected chi connectivity index (χ1v) is 7.41. The predicted octanol–water partition coefficient (Wildman–Crippen LogP) is 3.72. The fourth-order valence-electron chi connectivity index (χ4n) is 1.71. The molecule has 0 unspecified atom stereocenters. The highest BCUT2D eigenvalue weighted by atomic mass is 79.9. The van der Waals surface area contributed by atoms with Gasteiger partial charge < -0.3 is 10.1 Å². The lowest BCUT2D eigenvalue weighted by Crippen LogP contribution is -2.34. The number of carbonyl (C=O) groups excluding carboxylic acids is 1. The van der Waals surface area contributed by atoms with Gasteiger partial charge >= 0.3 is 0 Å². The normalized spacial score (nSPS) is 9.95. The quantitative estimate of drug-likeness (QED) is 0.794. The number of halogens is 2. The molecule has 22 heavy (non-hydrogen) atoms. The average molecular weight is 383 g/mol. The van der Waals surface area contributed by atoms with E-state index in [0.717, 1.165) is 0 Å². The van der Waals surface area contributed by atoms with Crippen LogP contribution >= 0.6 is 28.1 Å². The number of ether oxygens (including phenoxy) is 1. The summed E-state index contributed by atoms with van der Waals surface area (Å²) >= 11 is 8.34. The number of amides is 1. The highest BCUT2D eigenvalue weighted by Gasteiger charge is 2.10. The van der Waals surface area contributed by atoms with Gasteiger partial charge in [-0.2, -0.15) is 0 Å². The number of methoxy groups -OCH3 is 1. The summed E-state index contributed by atoms with van der Waals surface area (Å²) in [5.41, 5.74) is 0.872. The third-order valence-corrected chi connectivity index (χ3v) is 3.55. The molecule has 0 saturated carbocycles. The van der Waals surface area contributed by atoms with Gasteiger partial charge in [-0.25, -0.2) is 4.39 Å². The summed E-state index contributed by atoms with van der Waals surface area (Å²) in [5.74, 6) is -0.146. The molecule has 7 heteroatoms. The van der Waals surface area contributed by atoms with Gasteiger partial charge in [0, 0.05) is 11.3 Å². The minimum atomic E-state index is -0.391. The van der Waals surface area contributed by atoms with E-state index in [1.54, 1.807) is 30.3 Å². The van der Waals surface area contributed by atoms with Gasteiger partial charge in [0.2, 0.25) is 0 Å². The van der Waals surface area contributed by atoms with E-state index in [1.165, 1.54) is 19.2 Å². The largest absolute Gasteiger partial charge is 0.496 e. The molecule has 2 rings (SSSR count). The zero-order chi connectivity index (χ0) is 16.1. The summed E-state index contributed by atoms with van der Waals surface area (Å²) in [5, 5.41) is 5.36. The summed E-state index contributed by atoms with van der Waals surface area (Å²) in [7, 11) is 1.54. The van der Waals surface area contributed by atoms with Crippen LogP contribution < -0.4 is 15.4 Å². The molecule has 0 aromatic heterocycles. The number of carbonyl (C=O) groups is 1. The van der Waals surface area contributed by atoms with E-state index < -0.39 is 5.82 Å². The van der Waals surface area contributed by atoms with Crippen molar-refractivity contribution in [2.45, 2.75) is 0 Å². The molecule has 114 valence electrons. The zero-order valence-electron chi connectivity index (χ0n) is 11.5. The number of anilines is 1. The van der Waals surface area contributed by atoms with Gasteiger partial charge in [-0.1, -0.05) is 6.07 Å². The van der Waals surface area contributed by atoms with Crippen LogP contribution in [0.25, 0.3) is 0 Å². The number of hydrogen-bond acceptors (Lipinski definition) is 3. The molecule has 0 aliphatic heterocycles. The molecule has 2 N–H and O–H groups in total. The van der Waals surface area contributed by atoms with E-state index in [0.29, 0.717) is 21.5 Å². The molecule has 0 heterocycles. The maximum absolute atomic E-state index is 13.1. The van der Waals surface area contributed by atoms with Crippen molar-refractivity contribution in [2.75, 3.05) is 12.4 Å². The Morgan fingerprint density at radius 2 is 2.05 bits per heavy atom. The number of thiocarbonyl (C=S) groups is 1. The summed E-state index contributed by atoms with van der Waals surface area (Å²) in [4.78, 5) is 12.1. The van der Waals surface area contributed by atoms with Crippen molar-refractivity contribution >= 4 is 44.9 Å². The van der Waals surface area contributed by atoms with Crippen molar-refractivity contribution in [3.63, 3.8) is 0 Å². The molecule has 0 bridgehead atoms. The van der Waals surface area contributed by atoms with Crippen LogP contribution in [0.1, 0.15) is 10.4 Å². The molecule has 0 spiro atoms. The first kappa shape index (κ1) is 16.4. The van der Waals surface area contributed by atoms with Crippen molar-refractivity contribution in [2.24, 2.45) is 0 Å². The Morgan fingerprint density at radius 3 is 2.68 bits per heavy atom. The zero-order valence-corrected chi connectivity index (χ0v) is 13.9. The Balaban J connectivity index is 2.02. The van der Waals surface area contributed by atoms with Crippen LogP contribution in [0.4, 0.5) is 10.1 Å². The van der Waals surface area contributed by atoms with Crippen LogP contribution in [-0.4, -0.2) is 18.1 Å². The van der Waals surface area contributed by atoms with Crippen LogP contribution in [0.3, 0.4) is 0 Å². The highest BCUT2D eigenvalue weighted by molar-refractivity contribution is 9.10. The molecular weight excluding hydrogens is 371 g/mol. The van der Waals surface area contributed by atoms with Gasteiger partial charge in [-0.3, -0.25) is 10.1 Å². The summed E-state index contributed by atoms with van der Waals surface area (Å²) in [6.07, 6.45) is 0. The second-order valence-electron chi connectivity index (χ2n) is 4.27. The van der Waals surface area contributed by atoms with Crippen molar-refractivity contribution < 1.29 is 13.9 Å². The minimum absolute atomic E-state index is 0.0857. The standard InChI is InChI=1S/C15H12BrFN2O2S/c1-21-13-6-5-9(7-12(13)16)14(20)19-15(22)18-11-4-2-3-10(17)8-11/h2-8H,1H3,(H2,18,19,20,22). The third kappa shape index (κ3) is 4.25. The lowest BCUT2D eigenvalue weighted by Gasteiger charge is -2.10. The molecule has 2 aromatic rings.